The summed E-state index contributed by atoms with van der Waals surface area (Å²) in [5.41, 5.74) is 1.02. The number of anilines is 1. The van der Waals surface area contributed by atoms with Crippen molar-refractivity contribution < 1.29 is 14.2 Å². The number of hydrogen-bond acceptors (Lipinski definition) is 4. The van der Waals surface area contributed by atoms with Gasteiger partial charge in [0.05, 0.1) is 19.8 Å². The molecule has 0 fully saturated rings. The highest BCUT2D eigenvalue weighted by molar-refractivity contribution is 5.54. The molecule has 0 bridgehead atoms. The van der Waals surface area contributed by atoms with Gasteiger partial charge >= 0.3 is 0 Å². The Hall–Kier alpha value is -1.42. The first-order valence-corrected chi connectivity index (χ1v) is 7.38. The van der Waals surface area contributed by atoms with E-state index in [4.69, 9.17) is 14.2 Å². The Morgan fingerprint density at radius 3 is 2.40 bits per heavy atom. The lowest BCUT2D eigenvalue weighted by molar-refractivity contribution is 0.118. The van der Waals surface area contributed by atoms with Gasteiger partial charge in [-0.3, -0.25) is 0 Å². The lowest BCUT2D eigenvalue weighted by atomic mass is 10.2. The van der Waals surface area contributed by atoms with Crippen LogP contribution in [0.5, 0.6) is 11.5 Å². The topological polar surface area (TPSA) is 39.7 Å². The first-order chi connectivity index (χ1) is 9.67. The molecule has 0 aliphatic rings. The summed E-state index contributed by atoms with van der Waals surface area (Å²) in [4.78, 5) is 0. The molecule has 4 nitrogen and oxygen atoms in total. The predicted octanol–water partition coefficient (Wildman–Crippen LogP) is 3.57. The van der Waals surface area contributed by atoms with Gasteiger partial charge in [0, 0.05) is 24.9 Å². The fourth-order valence-corrected chi connectivity index (χ4v) is 1.75. The van der Waals surface area contributed by atoms with E-state index in [2.05, 4.69) is 19.2 Å². The summed E-state index contributed by atoms with van der Waals surface area (Å²) < 4.78 is 16.7. The highest BCUT2D eigenvalue weighted by Crippen LogP contribution is 2.30. The lowest BCUT2D eigenvalue weighted by Gasteiger charge is -2.13. The average molecular weight is 281 g/mol. The van der Waals surface area contributed by atoms with Crippen LogP contribution in [0.3, 0.4) is 0 Å². The Kier molecular flexibility index (Phi) is 7.88. The quantitative estimate of drug-likeness (QED) is 0.666. The molecule has 0 atom stereocenters. The Morgan fingerprint density at radius 1 is 1.05 bits per heavy atom. The summed E-state index contributed by atoms with van der Waals surface area (Å²) in [6, 6.07) is 5.90. The van der Waals surface area contributed by atoms with Gasteiger partial charge in [0.15, 0.2) is 11.5 Å². The maximum atomic E-state index is 5.59. The van der Waals surface area contributed by atoms with Crippen LogP contribution in [0.15, 0.2) is 18.2 Å². The first kappa shape index (κ1) is 16.6. The number of nitrogens with one attached hydrogen (secondary N) is 1. The summed E-state index contributed by atoms with van der Waals surface area (Å²) in [7, 11) is 0. The van der Waals surface area contributed by atoms with E-state index in [-0.39, 0.29) is 0 Å². The third-order valence-electron chi connectivity index (χ3n) is 2.57. The predicted molar refractivity (Wildman–Crippen MR) is 82.9 cm³/mol. The molecule has 1 rings (SSSR count). The van der Waals surface area contributed by atoms with Crippen molar-refractivity contribution in [2.45, 2.75) is 27.7 Å². The van der Waals surface area contributed by atoms with Gasteiger partial charge in [0.2, 0.25) is 0 Å². The SMILES string of the molecule is CCOc1ccc(NCCOCC(C)C)cc1OCC. The van der Waals surface area contributed by atoms with E-state index in [1.807, 2.05) is 32.0 Å². The number of benzene rings is 1. The molecule has 0 aliphatic carbocycles. The van der Waals surface area contributed by atoms with Crippen LogP contribution >= 0.6 is 0 Å². The Balaban J connectivity index is 2.47. The van der Waals surface area contributed by atoms with Crippen molar-refractivity contribution in [2.75, 3.05) is 38.3 Å². The molecule has 1 aromatic rings. The van der Waals surface area contributed by atoms with Crippen LogP contribution in [0.25, 0.3) is 0 Å². The second-order valence-electron chi connectivity index (χ2n) is 4.92. The molecule has 0 aliphatic heterocycles. The lowest BCUT2D eigenvalue weighted by Crippen LogP contribution is -2.12. The average Bonchev–Trinajstić information content (AvgIpc) is 2.41. The maximum absolute atomic E-state index is 5.59. The molecule has 4 heteroatoms. The molecule has 0 amide bonds. The van der Waals surface area contributed by atoms with Crippen molar-refractivity contribution in [2.24, 2.45) is 5.92 Å². The molecule has 0 radical (unpaired) electrons. The summed E-state index contributed by atoms with van der Waals surface area (Å²) in [6.45, 7) is 11.8. The van der Waals surface area contributed by atoms with Gasteiger partial charge in [-0.2, -0.15) is 0 Å². The Morgan fingerprint density at radius 2 is 1.75 bits per heavy atom. The molecule has 0 saturated carbocycles. The maximum Gasteiger partial charge on any atom is 0.163 e. The van der Waals surface area contributed by atoms with E-state index in [1.165, 1.54) is 0 Å². The zero-order valence-corrected chi connectivity index (χ0v) is 13.1. The molecular formula is C16H27NO3. The van der Waals surface area contributed by atoms with Gasteiger partial charge in [-0.25, -0.2) is 0 Å². The minimum absolute atomic E-state index is 0.574. The third kappa shape index (κ3) is 6.15. The number of hydrogen-bond donors (Lipinski definition) is 1. The molecule has 1 aromatic carbocycles. The first-order valence-electron chi connectivity index (χ1n) is 7.38. The second kappa shape index (κ2) is 9.48. The number of rotatable bonds is 10. The minimum atomic E-state index is 0.574. The van der Waals surface area contributed by atoms with Crippen LogP contribution < -0.4 is 14.8 Å². The van der Waals surface area contributed by atoms with Gasteiger partial charge in [0.1, 0.15) is 0 Å². The fraction of sp³-hybridized carbons (Fsp3) is 0.625. The third-order valence-corrected chi connectivity index (χ3v) is 2.57. The van der Waals surface area contributed by atoms with Crippen molar-refractivity contribution in [1.82, 2.24) is 0 Å². The molecule has 114 valence electrons. The highest BCUT2D eigenvalue weighted by Gasteiger charge is 2.05. The molecule has 0 heterocycles. The summed E-state index contributed by atoms with van der Waals surface area (Å²) in [5, 5.41) is 3.33. The fourth-order valence-electron chi connectivity index (χ4n) is 1.75. The Labute approximate surface area is 122 Å². The van der Waals surface area contributed by atoms with Crippen LogP contribution in [0, 0.1) is 5.92 Å². The van der Waals surface area contributed by atoms with E-state index < -0.39 is 0 Å². The zero-order valence-electron chi connectivity index (χ0n) is 13.1. The smallest absolute Gasteiger partial charge is 0.163 e. The Bertz CT molecular complexity index is 380. The van der Waals surface area contributed by atoms with Gasteiger partial charge < -0.3 is 19.5 Å². The van der Waals surface area contributed by atoms with Gasteiger partial charge in [-0.15, -0.1) is 0 Å². The van der Waals surface area contributed by atoms with Crippen molar-refractivity contribution >= 4 is 5.69 Å². The minimum Gasteiger partial charge on any atom is -0.490 e. The van der Waals surface area contributed by atoms with E-state index in [9.17, 15) is 0 Å². The van der Waals surface area contributed by atoms with Gasteiger partial charge in [0.25, 0.3) is 0 Å². The van der Waals surface area contributed by atoms with E-state index in [0.29, 0.717) is 25.7 Å². The standard InChI is InChI=1S/C16H27NO3/c1-5-19-15-8-7-14(11-16(15)20-6-2)17-9-10-18-12-13(3)4/h7-8,11,13,17H,5-6,9-10,12H2,1-4H3. The summed E-state index contributed by atoms with van der Waals surface area (Å²) in [6.07, 6.45) is 0. The molecule has 0 spiro atoms. The molecule has 0 unspecified atom stereocenters. The zero-order chi connectivity index (χ0) is 14.8. The molecular weight excluding hydrogens is 254 g/mol. The normalized spacial score (nSPS) is 10.7. The number of ether oxygens (including phenoxy) is 3. The largest absolute Gasteiger partial charge is 0.490 e. The van der Waals surface area contributed by atoms with E-state index in [0.717, 1.165) is 30.3 Å². The summed E-state index contributed by atoms with van der Waals surface area (Å²) in [5.74, 6) is 2.14. The molecule has 1 N–H and O–H groups in total. The van der Waals surface area contributed by atoms with Gasteiger partial charge in [-0.1, -0.05) is 13.8 Å². The van der Waals surface area contributed by atoms with E-state index in [1.54, 1.807) is 0 Å². The van der Waals surface area contributed by atoms with Crippen molar-refractivity contribution in [3.8, 4) is 11.5 Å². The van der Waals surface area contributed by atoms with Crippen molar-refractivity contribution in [1.29, 1.82) is 0 Å². The van der Waals surface area contributed by atoms with E-state index >= 15 is 0 Å². The summed E-state index contributed by atoms with van der Waals surface area (Å²) >= 11 is 0. The van der Waals surface area contributed by atoms with Crippen molar-refractivity contribution in [3.63, 3.8) is 0 Å². The second-order valence-corrected chi connectivity index (χ2v) is 4.92. The highest BCUT2D eigenvalue weighted by atomic mass is 16.5. The molecule has 0 saturated heterocycles. The van der Waals surface area contributed by atoms with Crippen molar-refractivity contribution in [3.05, 3.63) is 18.2 Å². The monoisotopic (exact) mass is 281 g/mol. The van der Waals surface area contributed by atoms with Crippen LogP contribution in [-0.4, -0.2) is 33.0 Å². The van der Waals surface area contributed by atoms with Gasteiger partial charge in [-0.05, 0) is 31.9 Å². The molecule has 0 aromatic heterocycles. The molecule has 20 heavy (non-hydrogen) atoms. The van der Waals surface area contributed by atoms with Crippen LogP contribution in [0.4, 0.5) is 5.69 Å². The van der Waals surface area contributed by atoms with Crippen LogP contribution in [0.1, 0.15) is 27.7 Å². The van der Waals surface area contributed by atoms with Crippen LogP contribution in [0.2, 0.25) is 0 Å². The van der Waals surface area contributed by atoms with Crippen LogP contribution in [-0.2, 0) is 4.74 Å².